The molecule has 0 saturated heterocycles. The molecule has 2 aromatic carbocycles. The number of carbonyl (C=O) groups excluding carboxylic acids is 1. The Morgan fingerprint density at radius 3 is 2.40 bits per heavy atom. The predicted octanol–water partition coefficient (Wildman–Crippen LogP) is 4.82. The molecule has 1 amide bonds. The Bertz CT molecular complexity index is 1210. The molecule has 7 nitrogen and oxygen atoms in total. The van der Waals surface area contributed by atoms with Gasteiger partial charge in [0.1, 0.15) is 11.4 Å². The molecule has 0 radical (unpaired) electrons. The first-order chi connectivity index (χ1) is 14.4. The molecule has 2 heterocycles. The minimum atomic E-state index is -0.171. The third kappa shape index (κ3) is 4.30. The van der Waals surface area contributed by atoms with Crippen LogP contribution in [-0.2, 0) is 11.2 Å². The number of aromatic nitrogens is 3. The zero-order valence-corrected chi connectivity index (χ0v) is 17.3. The Morgan fingerprint density at radius 1 is 1.00 bits per heavy atom. The maximum Gasteiger partial charge on any atom is 0.322 e. The van der Waals surface area contributed by atoms with Crippen molar-refractivity contribution in [2.45, 2.75) is 34.1 Å². The molecule has 0 spiro atoms. The van der Waals surface area contributed by atoms with Crippen LogP contribution in [0.4, 0.5) is 5.69 Å². The molecule has 30 heavy (non-hydrogen) atoms. The quantitative estimate of drug-likeness (QED) is 0.514. The predicted molar refractivity (Wildman–Crippen MR) is 114 cm³/mol. The Morgan fingerprint density at radius 2 is 1.70 bits per heavy atom. The van der Waals surface area contributed by atoms with Crippen molar-refractivity contribution >= 4 is 22.6 Å². The average molecular weight is 402 g/mol. The molecule has 0 unspecified atom stereocenters. The van der Waals surface area contributed by atoms with Gasteiger partial charge < -0.3 is 14.6 Å². The van der Waals surface area contributed by atoms with Gasteiger partial charge in [-0.05, 0) is 75.2 Å². The van der Waals surface area contributed by atoms with Crippen molar-refractivity contribution in [1.29, 1.82) is 0 Å². The standard InChI is InChI=1S/C23H22N4O3/c1-13-9-14(2)22-19(10-13)20(27-30-22)12-21(28)26-17-5-7-18(8-6-17)29-23-24-15(3)11-16(4)25-23/h5-11H,12H2,1-4H3,(H,26,28). The summed E-state index contributed by atoms with van der Waals surface area (Å²) in [5.74, 6) is 0.419. The molecule has 7 heteroatoms. The summed E-state index contributed by atoms with van der Waals surface area (Å²) in [5, 5.41) is 7.84. The van der Waals surface area contributed by atoms with Crippen LogP contribution in [0.2, 0.25) is 0 Å². The van der Waals surface area contributed by atoms with E-state index >= 15 is 0 Å². The topological polar surface area (TPSA) is 90.1 Å². The molecular formula is C23H22N4O3. The SMILES string of the molecule is Cc1cc(C)c2onc(CC(=O)Nc3ccc(Oc4nc(C)cc(C)n4)cc3)c2c1. The van der Waals surface area contributed by atoms with Gasteiger partial charge in [0.2, 0.25) is 5.91 Å². The minimum absolute atomic E-state index is 0.130. The average Bonchev–Trinajstić information content (AvgIpc) is 3.05. The highest BCUT2D eigenvalue weighted by molar-refractivity contribution is 5.95. The lowest BCUT2D eigenvalue weighted by atomic mass is 10.1. The lowest BCUT2D eigenvalue weighted by Crippen LogP contribution is -2.14. The van der Waals surface area contributed by atoms with Crippen molar-refractivity contribution < 1.29 is 14.1 Å². The number of hydrogen-bond donors (Lipinski definition) is 1. The fourth-order valence-electron chi connectivity index (χ4n) is 3.38. The molecule has 2 aromatic heterocycles. The van der Waals surface area contributed by atoms with Crippen LogP contribution in [0.5, 0.6) is 11.8 Å². The van der Waals surface area contributed by atoms with E-state index in [0.29, 0.717) is 23.1 Å². The number of aryl methyl sites for hydroxylation is 4. The van der Waals surface area contributed by atoms with Gasteiger partial charge in [0.25, 0.3) is 0 Å². The van der Waals surface area contributed by atoms with Crippen molar-refractivity contribution in [3.05, 3.63) is 70.7 Å². The van der Waals surface area contributed by atoms with Gasteiger partial charge >= 0.3 is 6.01 Å². The first kappa shape index (κ1) is 19.6. The van der Waals surface area contributed by atoms with Gasteiger partial charge in [0.15, 0.2) is 5.58 Å². The van der Waals surface area contributed by atoms with Crippen LogP contribution in [0.25, 0.3) is 11.0 Å². The number of fused-ring (bicyclic) bond motifs is 1. The maximum atomic E-state index is 12.5. The monoisotopic (exact) mass is 402 g/mol. The van der Waals surface area contributed by atoms with Crippen LogP contribution in [0.1, 0.15) is 28.2 Å². The third-order valence-corrected chi connectivity index (χ3v) is 4.61. The molecule has 4 aromatic rings. The largest absolute Gasteiger partial charge is 0.424 e. The van der Waals surface area contributed by atoms with Crippen molar-refractivity contribution in [2.24, 2.45) is 0 Å². The molecule has 4 rings (SSSR count). The first-order valence-electron chi connectivity index (χ1n) is 9.63. The molecular weight excluding hydrogens is 380 g/mol. The summed E-state index contributed by atoms with van der Waals surface area (Å²) >= 11 is 0. The van der Waals surface area contributed by atoms with Crippen LogP contribution in [-0.4, -0.2) is 21.0 Å². The second-order valence-corrected chi connectivity index (χ2v) is 7.37. The maximum absolute atomic E-state index is 12.5. The van der Waals surface area contributed by atoms with E-state index in [0.717, 1.165) is 33.5 Å². The van der Waals surface area contributed by atoms with Gasteiger partial charge in [-0.2, -0.15) is 0 Å². The van der Waals surface area contributed by atoms with Crippen molar-refractivity contribution in [1.82, 2.24) is 15.1 Å². The Labute approximate surface area is 174 Å². The molecule has 0 aliphatic heterocycles. The highest BCUT2D eigenvalue weighted by atomic mass is 16.5. The summed E-state index contributed by atoms with van der Waals surface area (Å²) in [5.41, 5.74) is 5.80. The van der Waals surface area contributed by atoms with E-state index in [9.17, 15) is 4.79 Å². The first-order valence-corrected chi connectivity index (χ1v) is 9.63. The number of nitrogens with zero attached hydrogens (tertiary/aromatic N) is 3. The fourth-order valence-corrected chi connectivity index (χ4v) is 3.38. The van der Waals surface area contributed by atoms with Crippen LogP contribution < -0.4 is 10.1 Å². The summed E-state index contributed by atoms with van der Waals surface area (Å²) in [6.45, 7) is 7.76. The second kappa shape index (κ2) is 7.94. The van der Waals surface area contributed by atoms with Crippen LogP contribution in [0.15, 0.2) is 47.0 Å². The molecule has 0 aliphatic rings. The zero-order chi connectivity index (χ0) is 21.3. The number of amides is 1. The number of hydrogen-bond acceptors (Lipinski definition) is 6. The fraction of sp³-hybridized carbons (Fsp3) is 0.217. The molecule has 0 aliphatic carbocycles. The molecule has 0 fully saturated rings. The molecule has 0 atom stereocenters. The summed E-state index contributed by atoms with van der Waals surface area (Å²) < 4.78 is 11.1. The van der Waals surface area contributed by atoms with E-state index in [1.807, 2.05) is 45.9 Å². The van der Waals surface area contributed by atoms with Gasteiger partial charge in [-0.15, -0.1) is 0 Å². The van der Waals surface area contributed by atoms with Crippen molar-refractivity contribution in [3.8, 4) is 11.8 Å². The van der Waals surface area contributed by atoms with Gasteiger partial charge in [-0.1, -0.05) is 11.2 Å². The van der Waals surface area contributed by atoms with E-state index < -0.39 is 0 Å². The number of ether oxygens (including phenoxy) is 1. The van der Waals surface area contributed by atoms with Crippen molar-refractivity contribution in [2.75, 3.05) is 5.32 Å². The molecule has 1 N–H and O–H groups in total. The van der Waals surface area contributed by atoms with E-state index in [4.69, 9.17) is 9.26 Å². The number of benzene rings is 2. The Kier molecular flexibility index (Phi) is 5.18. The van der Waals surface area contributed by atoms with Gasteiger partial charge in [-0.25, -0.2) is 9.97 Å². The van der Waals surface area contributed by atoms with E-state index in [1.165, 1.54) is 0 Å². The molecule has 152 valence electrons. The van der Waals surface area contributed by atoms with Crippen molar-refractivity contribution in [3.63, 3.8) is 0 Å². The Balaban J connectivity index is 1.43. The highest BCUT2D eigenvalue weighted by Crippen LogP contribution is 2.25. The lowest BCUT2D eigenvalue weighted by molar-refractivity contribution is -0.115. The summed E-state index contributed by atoms with van der Waals surface area (Å²) in [7, 11) is 0. The third-order valence-electron chi connectivity index (χ3n) is 4.61. The van der Waals surface area contributed by atoms with Gasteiger partial charge in [0, 0.05) is 22.5 Å². The van der Waals surface area contributed by atoms with Crippen LogP contribution in [0, 0.1) is 27.7 Å². The normalized spacial score (nSPS) is 10.9. The number of anilines is 1. The summed E-state index contributed by atoms with van der Waals surface area (Å²) in [6, 6.07) is 13.3. The number of rotatable bonds is 5. The number of carbonyl (C=O) groups is 1. The van der Waals surface area contributed by atoms with Gasteiger partial charge in [-0.3, -0.25) is 4.79 Å². The highest BCUT2D eigenvalue weighted by Gasteiger charge is 2.15. The number of nitrogens with one attached hydrogen (secondary N) is 1. The second-order valence-electron chi connectivity index (χ2n) is 7.37. The lowest BCUT2D eigenvalue weighted by Gasteiger charge is -2.08. The Hall–Kier alpha value is -3.74. The molecule has 0 saturated carbocycles. The van der Waals surface area contributed by atoms with E-state index in [-0.39, 0.29) is 12.3 Å². The zero-order valence-electron chi connectivity index (χ0n) is 17.3. The molecule has 0 bridgehead atoms. The smallest absolute Gasteiger partial charge is 0.322 e. The summed E-state index contributed by atoms with van der Waals surface area (Å²) in [6.07, 6.45) is 0.130. The van der Waals surface area contributed by atoms with Crippen LogP contribution >= 0.6 is 0 Å². The minimum Gasteiger partial charge on any atom is -0.424 e. The van der Waals surface area contributed by atoms with Gasteiger partial charge in [0.05, 0.1) is 6.42 Å². The van der Waals surface area contributed by atoms with E-state index in [2.05, 4.69) is 20.4 Å². The summed E-state index contributed by atoms with van der Waals surface area (Å²) in [4.78, 5) is 21.0. The van der Waals surface area contributed by atoms with E-state index in [1.54, 1.807) is 24.3 Å². The van der Waals surface area contributed by atoms with Crippen LogP contribution in [0.3, 0.4) is 0 Å².